The van der Waals surface area contributed by atoms with Gasteiger partial charge in [0.25, 0.3) is 0 Å². The summed E-state index contributed by atoms with van der Waals surface area (Å²) in [7, 11) is 0. The monoisotopic (exact) mass is 345 g/mol. The number of carbonyl (C=O) groups excluding carboxylic acids is 1. The molecule has 0 saturated carbocycles. The molecule has 0 radical (unpaired) electrons. The van der Waals surface area contributed by atoms with E-state index in [1.54, 1.807) is 6.07 Å². The maximum atomic E-state index is 13.5. The van der Waals surface area contributed by atoms with Gasteiger partial charge in [-0.05, 0) is 44.4 Å². The number of likely N-dealkylation sites (tertiary alicyclic amines) is 1. The van der Waals surface area contributed by atoms with Gasteiger partial charge in [-0.3, -0.25) is 4.79 Å². The number of aromatic nitrogens is 2. The molecule has 1 atom stereocenters. The third kappa shape index (κ3) is 3.83. The Balaban J connectivity index is 1.69. The number of halogens is 1. The van der Waals surface area contributed by atoms with Gasteiger partial charge in [0.05, 0.1) is 6.42 Å². The third-order valence-corrected chi connectivity index (χ3v) is 4.76. The molecule has 2 aromatic rings. The van der Waals surface area contributed by atoms with Crippen LogP contribution in [0.4, 0.5) is 4.39 Å². The average Bonchev–Trinajstić information content (AvgIpc) is 3.08. The fraction of sp³-hybridized carbons (Fsp3) is 0.474. The fourth-order valence-electron chi connectivity index (χ4n) is 3.44. The Morgan fingerprint density at radius 1 is 1.44 bits per heavy atom. The number of hydrogen-bond acceptors (Lipinski definition) is 3. The number of carbonyl (C=O) groups is 1. The lowest BCUT2D eigenvalue weighted by molar-refractivity contribution is -0.131. The summed E-state index contributed by atoms with van der Waals surface area (Å²) >= 11 is 0. The van der Waals surface area contributed by atoms with E-state index >= 15 is 0 Å². The van der Waals surface area contributed by atoms with Crippen molar-refractivity contribution in [3.8, 4) is 5.75 Å². The highest BCUT2D eigenvalue weighted by atomic mass is 19.1. The zero-order valence-corrected chi connectivity index (χ0v) is 14.7. The number of hydrogen-bond donors (Lipinski definition) is 1. The zero-order chi connectivity index (χ0) is 18.0. The van der Waals surface area contributed by atoms with Crippen LogP contribution in [0.25, 0.3) is 0 Å². The summed E-state index contributed by atoms with van der Waals surface area (Å²) in [5, 5.41) is 9.26. The smallest absolute Gasteiger partial charge is 0.227 e. The summed E-state index contributed by atoms with van der Waals surface area (Å²) in [5.41, 5.74) is 0.575. The molecular weight excluding hydrogens is 321 g/mol. The highest BCUT2D eigenvalue weighted by molar-refractivity contribution is 5.79. The zero-order valence-electron chi connectivity index (χ0n) is 14.7. The molecule has 1 saturated heterocycles. The molecule has 1 unspecified atom stereocenters. The molecule has 1 aliphatic rings. The van der Waals surface area contributed by atoms with Crippen LogP contribution >= 0.6 is 0 Å². The van der Waals surface area contributed by atoms with Crippen LogP contribution in [0.2, 0.25) is 0 Å². The van der Waals surface area contributed by atoms with Crippen molar-refractivity contribution in [2.75, 3.05) is 13.1 Å². The largest absolute Gasteiger partial charge is 0.505 e. The molecule has 0 spiro atoms. The maximum absolute atomic E-state index is 13.5. The topological polar surface area (TPSA) is 58.4 Å². The van der Waals surface area contributed by atoms with Gasteiger partial charge < -0.3 is 14.6 Å². The molecule has 0 aliphatic carbocycles. The molecule has 3 rings (SSSR count). The van der Waals surface area contributed by atoms with E-state index < -0.39 is 11.6 Å². The van der Waals surface area contributed by atoms with Crippen LogP contribution in [-0.4, -0.2) is 38.6 Å². The average molecular weight is 345 g/mol. The van der Waals surface area contributed by atoms with Crippen molar-refractivity contribution >= 4 is 5.91 Å². The molecule has 1 aromatic carbocycles. The van der Waals surface area contributed by atoms with Crippen molar-refractivity contribution in [1.82, 2.24) is 14.5 Å². The normalized spacial score (nSPS) is 17.9. The van der Waals surface area contributed by atoms with Gasteiger partial charge >= 0.3 is 0 Å². The molecule has 2 heterocycles. The number of amides is 1. The first-order valence-electron chi connectivity index (χ1n) is 8.73. The summed E-state index contributed by atoms with van der Waals surface area (Å²) in [5.74, 6) is 0.155. The van der Waals surface area contributed by atoms with Crippen LogP contribution in [0.3, 0.4) is 0 Å². The lowest BCUT2D eigenvalue weighted by Crippen LogP contribution is -2.40. The Hall–Kier alpha value is -2.37. The molecular formula is C19H24FN3O2. The predicted octanol–water partition coefficient (Wildman–Crippen LogP) is 3.26. The van der Waals surface area contributed by atoms with E-state index in [2.05, 4.69) is 23.4 Å². The standard InChI is InChI=1S/C19H24FN3O2/c1-13(2)23-9-7-21-19(23)15-4-3-8-22(12-15)18(25)11-14-5-6-17(24)16(20)10-14/h5-7,9-10,13,15,24H,3-4,8,11-12H2,1-2H3. The van der Waals surface area contributed by atoms with Crippen molar-refractivity contribution in [3.63, 3.8) is 0 Å². The van der Waals surface area contributed by atoms with E-state index in [1.807, 2.05) is 17.3 Å². The molecule has 134 valence electrons. The van der Waals surface area contributed by atoms with Crippen molar-refractivity contribution < 1.29 is 14.3 Å². The van der Waals surface area contributed by atoms with Gasteiger partial charge in [-0.1, -0.05) is 6.07 Å². The Morgan fingerprint density at radius 3 is 2.96 bits per heavy atom. The van der Waals surface area contributed by atoms with Gasteiger partial charge in [-0.2, -0.15) is 0 Å². The van der Waals surface area contributed by atoms with Gasteiger partial charge in [0.1, 0.15) is 5.82 Å². The number of aromatic hydroxyl groups is 1. The summed E-state index contributed by atoms with van der Waals surface area (Å²) < 4.78 is 15.6. The Kier molecular flexibility index (Phi) is 5.06. The van der Waals surface area contributed by atoms with Crippen molar-refractivity contribution in [2.45, 2.75) is 45.1 Å². The van der Waals surface area contributed by atoms with Gasteiger partial charge in [0.15, 0.2) is 11.6 Å². The van der Waals surface area contributed by atoms with Crippen LogP contribution in [0.5, 0.6) is 5.75 Å². The van der Waals surface area contributed by atoms with E-state index in [1.165, 1.54) is 12.1 Å². The summed E-state index contributed by atoms with van der Waals surface area (Å²) in [4.78, 5) is 19.0. The van der Waals surface area contributed by atoms with Crippen LogP contribution in [0, 0.1) is 5.82 Å². The lowest BCUT2D eigenvalue weighted by Gasteiger charge is -2.33. The van der Waals surface area contributed by atoms with Crippen LogP contribution < -0.4 is 0 Å². The highest BCUT2D eigenvalue weighted by Crippen LogP contribution is 2.28. The van der Waals surface area contributed by atoms with E-state index in [-0.39, 0.29) is 18.2 Å². The highest BCUT2D eigenvalue weighted by Gasteiger charge is 2.27. The minimum Gasteiger partial charge on any atom is -0.505 e. The molecule has 5 nitrogen and oxygen atoms in total. The second kappa shape index (κ2) is 7.25. The van der Waals surface area contributed by atoms with E-state index in [4.69, 9.17) is 0 Å². The number of piperidine rings is 1. The first-order chi connectivity index (χ1) is 12.0. The van der Waals surface area contributed by atoms with Gasteiger partial charge in [-0.15, -0.1) is 0 Å². The van der Waals surface area contributed by atoms with E-state index in [0.717, 1.165) is 25.2 Å². The SMILES string of the molecule is CC(C)n1ccnc1C1CCCN(C(=O)Cc2ccc(O)c(F)c2)C1. The Labute approximate surface area is 147 Å². The number of nitrogens with zero attached hydrogens (tertiary/aromatic N) is 3. The number of rotatable bonds is 4. The quantitative estimate of drug-likeness (QED) is 0.925. The summed E-state index contributed by atoms with van der Waals surface area (Å²) in [6.07, 6.45) is 5.89. The fourth-order valence-corrected chi connectivity index (χ4v) is 3.44. The first-order valence-corrected chi connectivity index (χ1v) is 8.73. The molecule has 6 heteroatoms. The van der Waals surface area contributed by atoms with Gasteiger partial charge in [0.2, 0.25) is 5.91 Å². The Morgan fingerprint density at radius 2 is 2.24 bits per heavy atom. The van der Waals surface area contributed by atoms with Crippen LogP contribution in [0.1, 0.15) is 50.0 Å². The number of benzene rings is 1. The van der Waals surface area contributed by atoms with Crippen LogP contribution in [0.15, 0.2) is 30.6 Å². The second-order valence-electron chi connectivity index (χ2n) is 6.93. The van der Waals surface area contributed by atoms with Gasteiger partial charge in [-0.25, -0.2) is 9.37 Å². The predicted molar refractivity (Wildman–Crippen MR) is 92.9 cm³/mol. The minimum absolute atomic E-state index is 0.0163. The Bertz CT molecular complexity index is 757. The summed E-state index contributed by atoms with van der Waals surface area (Å²) in [6, 6.07) is 4.43. The van der Waals surface area contributed by atoms with Crippen molar-refractivity contribution in [2.24, 2.45) is 0 Å². The third-order valence-electron chi connectivity index (χ3n) is 4.76. The molecule has 1 N–H and O–H groups in total. The lowest BCUT2D eigenvalue weighted by atomic mass is 9.96. The molecule has 0 bridgehead atoms. The van der Waals surface area contributed by atoms with Crippen molar-refractivity contribution in [1.29, 1.82) is 0 Å². The number of phenols is 1. The molecule has 1 fully saturated rings. The van der Waals surface area contributed by atoms with Crippen molar-refractivity contribution in [3.05, 3.63) is 47.8 Å². The molecule has 1 aromatic heterocycles. The molecule has 25 heavy (non-hydrogen) atoms. The minimum atomic E-state index is -0.694. The van der Waals surface area contributed by atoms with Gasteiger partial charge in [0, 0.05) is 37.4 Å². The summed E-state index contributed by atoms with van der Waals surface area (Å²) in [6.45, 7) is 5.61. The number of imidazole rings is 1. The second-order valence-corrected chi connectivity index (χ2v) is 6.93. The van der Waals surface area contributed by atoms with Crippen LogP contribution in [-0.2, 0) is 11.2 Å². The molecule has 1 aliphatic heterocycles. The van der Waals surface area contributed by atoms with E-state index in [0.29, 0.717) is 18.2 Å². The molecule has 1 amide bonds. The van der Waals surface area contributed by atoms with E-state index in [9.17, 15) is 14.3 Å². The number of phenolic OH excluding ortho intramolecular Hbond substituents is 1. The maximum Gasteiger partial charge on any atom is 0.227 e. The first kappa shape index (κ1) is 17.5.